The lowest BCUT2D eigenvalue weighted by atomic mass is 9.81. The Labute approximate surface area is 246 Å². The maximum atomic E-state index is 13.0. The van der Waals surface area contributed by atoms with E-state index in [0.29, 0.717) is 30.2 Å². The van der Waals surface area contributed by atoms with Gasteiger partial charge < -0.3 is 31.2 Å². The van der Waals surface area contributed by atoms with Crippen LogP contribution in [0.4, 0.5) is 5.82 Å². The summed E-state index contributed by atoms with van der Waals surface area (Å²) in [6.07, 6.45) is 6.24. The summed E-state index contributed by atoms with van der Waals surface area (Å²) in [6, 6.07) is 7.95. The number of nitrogen functional groups attached to an aromatic ring is 1. The monoisotopic (exact) mass is 576 g/mol. The van der Waals surface area contributed by atoms with Gasteiger partial charge in [0.25, 0.3) is 0 Å². The highest BCUT2D eigenvalue weighted by Gasteiger charge is 2.31. The lowest BCUT2D eigenvalue weighted by molar-refractivity contribution is -0.126. The number of ether oxygens (including phenoxy) is 2. The molecule has 0 aliphatic heterocycles. The van der Waals surface area contributed by atoms with Gasteiger partial charge in [0.15, 0.2) is 5.82 Å². The maximum absolute atomic E-state index is 13.0. The van der Waals surface area contributed by atoms with E-state index in [9.17, 15) is 4.79 Å². The Morgan fingerprint density at radius 3 is 2.64 bits per heavy atom. The van der Waals surface area contributed by atoms with Crippen LogP contribution in [0.2, 0.25) is 0 Å². The normalized spacial score (nSPS) is 18.0. The smallest absolute Gasteiger partial charge is 0.223 e. The van der Waals surface area contributed by atoms with E-state index in [-0.39, 0.29) is 28.9 Å². The van der Waals surface area contributed by atoms with Crippen LogP contribution in [-0.2, 0) is 9.53 Å². The first-order valence-electron chi connectivity index (χ1n) is 14.8. The van der Waals surface area contributed by atoms with Gasteiger partial charge in [-0.1, -0.05) is 12.1 Å². The van der Waals surface area contributed by atoms with Gasteiger partial charge in [0, 0.05) is 35.9 Å². The Bertz CT molecular complexity index is 1540. The van der Waals surface area contributed by atoms with Gasteiger partial charge in [0.2, 0.25) is 5.91 Å². The summed E-state index contributed by atoms with van der Waals surface area (Å²) in [6.45, 7) is 9.29. The van der Waals surface area contributed by atoms with Gasteiger partial charge in [0.1, 0.15) is 29.1 Å². The van der Waals surface area contributed by atoms with Gasteiger partial charge in [0.05, 0.1) is 23.9 Å². The number of anilines is 1. The van der Waals surface area contributed by atoms with Gasteiger partial charge >= 0.3 is 0 Å². The first-order valence-corrected chi connectivity index (χ1v) is 14.8. The van der Waals surface area contributed by atoms with E-state index in [1.165, 1.54) is 6.33 Å². The summed E-state index contributed by atoms with van der Waals surface area (Å²) in [5.41, 5.74) is 14.9. The fourth-order valence-electron chi connectivity index (χ4n) is 5.76. The fourth-order valence-corrected chi connectivity index (χ4v) is 5.76. The Balaban J connectivity index is 1.24. The number of benzene rings is 1. The highest BCUT2D eigenvalue weighted by Crippen LogP contribution is 2.39. The van der Waals surface area contributed by atoms with Crippen LogP contribution >= 0.6 is 0 Å². The number of nitrogens with zero attached hydrogens (tertiary/aromatic N) is 4. The van der Waals surface area contributed by atoms with E-state index >= 15 is 0 Å². The van der Waals surface area contributed by atoms with E-state index in [1.807, 2.05) is 42.6 Å². The minimum atomic E-state index is -0.324. The van der Waals surface area contributed by atoms with Gasteiger partial charge in [-0.15, -0.1) is 0 Å². The molecule has 0 radical (unpaired) electrons. The van der Waals surface area contributed by atoms with Crippen molar-refractivity contribution in [2.24, 2.45) is 11.7 Å². The van der Waals surface area contributed by atoms with Crippen LogP contribution in [0, 0.1) is 5.92 Å². The molecule has 0 unspecified atom stereocenters. The number of amides is 1. The summed E-state index contributed by atoms with van der Waals surface area (Å²) in [5.74, 6) is 2.22. The van der Waals surface area contributed by atoms with Crippen LogP contribution in [0.25, 0.3) is 27.8 Å². The average Bonchev–Trinajstić information content (AvgIpc) is 3.55. The Kier molecular flexibility index (Phi) is 8.43. The zero-order valence-electron chi connectivity index (χ0n) is 25.4. The van der Waals surface area contributed by atoms with Crippen LogP contribution in [0.1, 0.15) is 78.0 Å². The minimum Gasteiger partial charge on any atom is -0.495 e. The fraction of sp³-hybridized carbons (Fsp3) is 0.548. The van der Waals surface area contributed by atoms with E-state index in [2.05, 4.69) is 34.2 Å². The van der Waals surface area contributed by atoms with Crippen LogP contribution in [0.15, 0.2) is 30.6 Å². The molecule has 3 aromatic heterocycles. The molecule has 11 heteroatoms. The standard InChI is InChI=1S/C31H44N8O3/c1-30(2,33)14-16-42-31(3,4)13-15-34-29(40)20-11-9-19(10-12-20)28-38-25(26-27(32)35-18-36-39(26)28)22-17-21-7-6-8-23(41-5)24(21)37-22/h6-8,17-20,37H,9-16,33H2,1-5H3,(H,34,40)(H2,32,35,36). The van der Waals surface area contributed by atoms with E-state index < -0.39 is 0 Å². The molecule has 226 valence electrons. The van der Waals surface area contributed by atoms with Gasteiger partial charge in [-0.05, 0) is 78.4 Å². The van der Waals surface area contributed by atoms with E-state index in [1.54, 1.807) is 7.11 Å². The molecular weight excluding hydrogens is 532 g/mol. The number of carbonyl (C=O) groups excluding carboxylic acids is 1. The van der Waals surface area contributed by atoms with E-state index in [4.69, 9.17) is 25.9 Å². The summed E-state index contributed by atoms with van der Waals surface area (Å²) in [4.78, 5) is 25.8. The number of aromatic nitrogens is 5. The molecule has 6 N–H and O–H groups in total. The largest absolute Gasteiger partial charge is 0.495 e. The summed E-state index contributed by atoms with van der Waals surface area (Å²) in [7, 11) is 1.66. The molecule has 0 saturated heterocycles. The van der Waals surface area contributed by atoms with Crippen molar-refractivity contribution in [2.75, 3.05) is 26.0 Å². The Morgan fingerprint density at radius 1 is 1.17 bits per heavy atom. The highest BCUT2D eigenvalue weighted by molar-refractivity contribution is 5.93. The van der Waals surface area contributed by atoms with Crippen LogP contribution in [-0.4, -0.2) is 61.9 Å². The average molecular weight is 577 g/mol. The maximum Gasteiger partial charge on any atom is 0.223 e. The summed E-state index contributed by atoms with van der Waals surface area (Å²) in [5, 5.41) is 8.69. The van der Waals surface area contributed by atoms with Crippen LogP contribution in [0.5, 0.6) is 5.75 Å². The van der Waals surface area contributed by atoms with Crippen molar-refractivity contribution in [1.29, 1.82) is 0 Å². The van der Waals surface area contributed by atoms with Gasteiger partial charge in [-0.3, -0.25) is 4.79 Å². The van der Waals surface area contributed by atoms with Crippen molar-refractivity contribution >= 4 is 28.1 Å². The van der Waals surface area contributed by atoms with Gasteiger partial charge in [-0.2, -0.15) is 5.10 Å². The summed E-state index contributed by atoms with van der Waals surface area (Å²) < 4.78 is 13.4. The van der Waals surface area contributed by atoms with Crippen molar-refractivity contribution < 1.29 is 14.3 Å². The molecule has 11 nitrogen and oxygen atoms in total. The molecule has 0 bridgehead atoms. The topological polar surface area (TPSA) is 158 Å². The zero-order valence-corrected chi connectivity index (χ0v) is 25.4. The zero-order chi connectivity index (χ0) is 30.1. The second kappa shape index (κ2) is 11.9. The third kappa shape index (κ3) is 6.52. The minimum absolute atomic E-state index is 0.0186. The van der Waals surface area contributed by atoms with Crippen LogP contribution in [0.3, 0.4) is 0 Å². The number of fused-ring (bicyclic) bond motifs is 2. The molecule has 0 atom stereocenters. The van der Waals surface area contributed by atoms with Crippen molar-refractivity contribution in [1.82, 2.24) is 29.9 Å². The second-order valence-corrected chi connectivity index (χ2v) is 12.8. The number of rotatable bonds is 11. The molecule has 3 heterocycles. The highest BCUT2D eigenvalue weighted by atomic mass is 16.5. The van der Waals surface area contributed by atoms with Gasteiger partial charge in [-0.25, -0.2) is 14.5 Å². The number of hydrogen-bond acceptors (Lipinski definition) is 8. The number of carbonyl (C=O) groups is 1. The predicted octanol–water partition coefficient (Wildman–Crippen LogP) is 4.57. The molecule has 1 amide bonds. The Morgan fingerprint density at radius 2 is 1.93 bits per heavy atom. The molecule has 42 heavy (non-hydrogen) atoms. The molecule has 1 aromatic carbocycles. The lowest BCUT2D eigenvalue weighted by Gasteiger charge is -2.29. The molecule has 4 aromatic rings. The summed E-state index contributed by atoms with van der Waals surface area (Å²) >= 11 is 0. The Hall–Kier alpha value is -3.70. The first kappa shape index (κ1) is 29.8. The van der Waals surface area contributed by atoms with Crippen molar-refractivity contribution in [3.8, 4) is 17.1 Å². The molecule has 1 aliphatic carbocycles. The quantitative estimate of drug-likeness (QED) is 0.202. The lowest BCUT2D eigenvalue weighted by Crippen LogP contribution is -2.38. The van der Waals surface area contributed by atoms with Crippen molar-refractivity contribution in [2.45, 2.75) is 83.3 Å². The number of aromatic amines is 1. The van der Waals surface area contributed by atoms with Crippen molar-refractivity contribution in [3.63, 3.8) is 0 Å². The molecule has 1 saturated carbocycles. The van der Waals surface area contributed by atoms with Crippen LogP contribution < -0.4 is 21.5 Å². The molecule has 1 fully saturated rings. The molecular formula is C31H44N8O3. The SMILES string of the molecule is COc1cccc2cc(-c3nc(C4CCC(C(=O)NCCC(C)(C)OCCC(C)(C)N)CC4)n4ncnc(N)c34)[nH]c12. The first-order chi connectivity index (χ1) is 20.0. The van der Waals surface area contributed by atoms with Crippen molar-refractivity contribution in [3.05, 3.63) is 36.4 Å². The molecule has 0 spiro atoms. The number of para-hydroxylation sites is 1. The number of nitrogens with one attached hydrogen (secondary N) is 2. The predicted molar refractivity (Wildman–Crippen MR) is 164 cm³/mol. The second-order valence-electron chi connectivity index (χ2n) is 12.8. The molecule has 5 rings (SSSR count). The third-order valence-corrected chi connectivity index (χ3v) is 8.31. The third-order valence-electron chi connectivity index (χ3n) is 8.31. The number of H-pyrrole nitrogens is 1. The number of imidazole rings is 1. The van der Waals surface area contributed by atoms with E-state index in [0.717, 1.165) is 66.7 Å². The number of methoxy groups -OCH3 is 1. The number of nitrogens with two attached hydrogens (primary N) is 2. The number of hydrogen-bond donors (Lipinski definition) is 4. The molecule has 1 aliphatic rings.